The van der Waals surface area contributed by atoms with Crippen molar-refractivity contribution in [2.75, 3.05) is 11.9 Å². The van der Waals surface area contributed by atoms with Gasteiger partial charge in [0.1, 0.15) is 17.7 Å². The number of carbonyl (C=O) groups excluding carboxylic acids is 1. The molecule has 2 saturated carbocycles. The molecule has 2 aromatic heterocycles. The monoisotopic (exact) mass is 511 g/mol. The molecule has 1 N–H and O–H groups in total. The summed E-state index contributed by atoms with van der Waals surface area (Å²) in [7, 11) is -1.77. The first kappa shape index (κ1) is 24.5. The molecule has 0 radical (unpaired) electrons. The summed E-state index contributed by atoms with van der Waals surface area (Å²) in [5.74, 6) is 0.723. The van der Waals surface area contributed by atoms with Gasteiger partial charge >= 0.3 is 6.09 Å². The summed E-state index contributed by atoms with van der Waals surface area (Å²) in [5.41, 5.74) is 1.10. The summed E-state index contributed by atoms with van der Waals surface area (Å²) in [4.78, 5) is 23.2. The molecule has 2 aliphatic rings. The first-order valence-corrected chi connectivity index (χ1v) is 13.7. The molecule has 3 aromatic rings. The number of nitrogens with zero attached hydrogens (tertiary/aromatic N) is 4. The SMILES string of the molecule is Cc1ccc(S(=O)(=O)n2ccc3c(N(C)C4CC5(CC(NC(=O)OC(C)(C)C)C5)C4)ncnc32)cc1. The third kappa shape index (κ3) is 4.42. The van der Waals surface area contributed by atoms with Crippen molar-refractivity contribution in [2.24, 2.45) is 5.41 Å². The van der Waals surface area contributed by atoms with E-state index in [4.69, 9.17) is 4.74 Å². The smallest absolute Gasteiger partial charge is 0.407 e. The van der Waals surface area contributed by atoms with Crippen LogP contribution in [0.4, 0.5) is 10.6 Å². The van der Waals surface area contributed by atoms with Gasteiger partial charge < -0.3 is 15.0 Å². The van der Waals surface area contributed by atoms with Crippen LogP contribution < -0.4 is 10.2 Å². The maximum absolute atomic E-state index is 13.3. The fourth-order valence-electron chi connectivity index (χ4n) is 5.50. The standard InChI is InChI=1S/C26H33N5O4S/c1-17-6-8-20(9-7-17)36(33,34)31-11-10-21-22(27-16-28-23(21)31)30(5)19-14-26(15-19)12-18(13-26)29-24(32)35-25(2,3)4/h6-11,16,18-19H,12-15H2,1-5H3,(H,29,32). The molecule has 1 amide bonds. The summed E-state index contributed by atoms with van der Waals surface area (Å²) in [6, 6.07) is 9.01. The Labute approximate surface area is 211 Å². The van der Waals surface area contributed by atoms with Gasteiger partial charge in [-0.25, -0.2) is 27.2 Å². The highest BCUT2D eigenvalue weighted by molar-refractivity contribution is 7.90. The molecule has 1 aromatic carbocycles. The van der Waals surface area contributed by atoms with E-state index >= 15 is 0 Å². The van der Waals surface area contributed by atoms with Gasteiger partial charge in [-0.3, -0.25) is 0 Å². The molecule has 192 valence electrons. The minimum absolute atomic E-state index is 0.151. The highest BCUT2D eigenvalue weighted by atomic mass is 32.2. The number of aromatic nitrogens is 3. The molecule has 0 bridgehead atoms. The fraction of sp³-hybridized carbons (Fsp3) is 0.500. The molecule has 0 saturated heterocycles. The second kappa shape index (κ2) is 8.47. The van der Waals surface area contributed by atoms with Crippen LogP contribution in [0.5, 0.6) is 0 Å². The van der Waals surface area contributed by atoms with Crippen LogP contribution in [-0.2, 0) is 14.8 Å². The molecular weight excluding hydrogens is 478 g/mol. The summed E-state index contributed by atoms with van der Waals surface area (Å²) in [6.45, 7) is 7.50. The topological polar surface area (TPSA) is 106 Å². The highest BCUT2D eigenvalue weighted by Gasteiger charge is 2.54. The number of hydrogen-bond donors (Lipinski definition) is 1. The number of hydrogen-bond acceptors (Lipinski definition) is 7. The quantitative estimate of drug-likeness (QED) is 0.546. The molecule has 0 aliphatic heterocycles. The van der Waals surface area contributed by atoms with Crippen molar-refractivity contribution in [3.63, 3.8) is 0 Å². The van der Waals surface area contributed by atoms with Crippen LogP contribution in [0.15, 0.2) is 47.8 Å². The van der Waals surface area contributed by atoms with Gasteiger partial charge in [-0.15, -0.1) is 0 Å². The summed E-state index contributed by atoms with van der Waals surface area (Å²) >= 11 is 0. The van der Waals surface area contributed by atoms with Gasteiger partial charge in [0.25, 0.3) is 10.0 Å². The van der Waals surface area contributed by atoms with Crippen LogP contribution in [0.3, 0.4) is 0 Å². The second-order valence-corrected chi connectivity index (χ2v) is 13.1. The van der Waals surface area contributed by atoms with Crippen LogP contribution in [0, 0.1) is 12.3 Å². The van der Waals surface area contributed by atoms with E-state index in [-0.39, 0.29) is 22.4 Å². The van der Waals surface area contributed by atoms with Crippen molar-refractivity contribution in [3.05, 3.63) is 48.4 Å². The third-order valence-corrected chi connectivity index (χ3v) is 8.98. The Morgan fingerprint density at radius 3 is 2.42 bits per heavy atom. The molecule has 9 nitrogen and oxygen atoms in total. The van der Waals surface area contributed by atoms with Crippen LogP contribution in [0.25, 0.3) is 11.0 Å². The predicted molar refractivity (Wildman–Crippen MR) is 138 cm³/mol. The van der Waals surface area contributed by atoms with Crippen LogP contribution >= 0.6 is 0 Å². The number of rotatable bonds is 5. The Morgan fingerprint density at radius 1 is 1.11 bits per heavy atom. The van der Waals surface area contributed by atoms with Crippen LogP contribution in [-0.4, -0.2) is 53.2 Å². The average molecular weight is 512 g/mol. The lowest BCUT2D eigenvalue weighted by atomic mass is 9.52. The zero-order valence-electron chi connectivity index (χ0n) is 21.4. The Bertz CT molecular complexity index is 1390. The largest absolute Gasteiger partial charge is 0.444 e. The number of carbonyl (C=O) groups is 1. The molecule has 2 fully saturated rings. The number of benzene rings is 1. The van der Waals surface area contributed by atoms with E-state index in [2.05, 4.69) is 20.2 Å². The van der Waals surface area contributed by atoms with E-state index in [0.29, 0.717) is 17.1 Å². The molecular formula is C26H33N5O4S. The minimum Gasteiger partial charge on any atom is -0.444 e. The summed E-state index contributed by atoms with van der Waals surface area (Å²) in [6.07, 6.45) is 6.51. The molecule has 1 spiro atoms. The van der Waals surface area contributed by atoms with E-state index in [1.165, 1.54) is 10.3 Å². The minimum atomic E-state index is -3.77. The van der Waals surface area contributed by atoms with Gasteiger partial charge in [0.05, 0.1) is 10.3 Å². The van der Waals surface area contributed by atoms with Crippen molar-refractivity contribution in [1.82, 2.24) is 19.3 Å². The normalized spacial score (nSPS) is 23.7. The molecule has 36 heavy (non-hydrogen) atoms. The van der Waals surface area contributed by atoms with Gasteiger partial charge in [-0.1, -0.05) is 17.7 Å². The number of nitrogens with one attached hydrogen (secondary N) is 1. The van der Waals surface area contributed by atoms with E-state index in [1.807, 2.05) is 34.7 Å². The highest BCUT2D eigenvalue weighted by Crippen LogP contribution is 2.57. The average Bonchev–Trinajstić information content (AvgIpc) is 3.18. The zero-order valence-corrected chi connectivity index (χ0v) is 22.2. The Balaban J connectivity index is 1.27. The lowest BCUT2D eigenvalue weighted by Crippen LogP contribution is -2.61. The fourth-order valence-corrected chi connectivity index (χ4v) is 6.80. The van der Waals surface area contributed by atoms with Crippen molar-refractivity contribution in [1.29, 1.82) is 0 Å². The first-order chi connectivity index (χ1) is 16.9. The number of alkyl carbamates (subject to hydrolysis) is 1. The number of aryl methyl sites for hydroxylation is 1. The van der Waals surface area contributed by atoms with Crippen LogP contribution in [0.1, 0.15) is 52.0 Å². The van der Waals surface area contributed by atoms with Crippen LogP contribution in [0.2, 0.25) is 0 Å². The van der Waals surface area contributed by atoms with Gasteiger partial charge in [0.2, 0.25) is 0 Å². The van der Waals surface area contributed by atoms with Crippen molar-refractivity contribution < 1.29 is 17.9 Å². The van der Waals surface area contributed by atoms with Crippen molar-refractivity contribution in [2.45, 2.75) is 76.0 Å². The van der Waals surface area contributed by atoms with E-state index in [0.717, 1.165) is 37.1 Å². The lowest BCUT2D eigenvalue weighted by Gasteiger charge is -2.59. The molecule has 2 heterocycles. The molecule has 2 aliphatic carbocycles. The first-order valence-electron chi connectivity index (χ1n) is 12.2. The summed E-state index contributed by atoms with van der Waals surface area (Å²) < 4.78 is 33.1. The molecule has 0 atom stereocenters. The number of ether oxygens (including phenoxy) is 1. The Kier molecular flexibility index (Phi) is 5.77. The van der Waals surface area contributed by atoms with E-state index in [9.17, 15) is 13.2 Å². The number of anilines is 1. The third-order valence-electron chi connectivity index (χ3n) is 7.30. The van der Waals surface area contributed by atoms with E-state index < -0.39 is 15.6 Å². The van der Waals surface area contributed by atoms with Gasteiger partial charge in [0.15, 0.2) is 5.65 Å². The predicted octanol–water partition coefficient (Wildman–Crippen LogP) is 4.25. The molecule has 10 heteroatoms. The van der Waals surface area contributed by atoms with Gasteiger partial charge in [0, 0.05) is 25.3 Å². The van der Waals surface area contributed by atoms with Crippen molar-refractivity contribution >= 4 is 33.0 Å². The summed E-state index contributed by atoms with van der Waals surface area (Å²) in [5, 5.41) is 3.68. The van der Waals surface area contributed by atoms with E-state index in [1.54, 1.807) is 36.5 Å². The maximum Gasteiger partial charge on any atom is 0.407 e. The second-order valence-electron chi connectivity index (χ2n) is 11.3. The Hall–Kier alpha value is -3.14. The van der Waals surface area contributed by atoms with Gasteiger partial charge in [-0.05, 0) is 77.0 Å². The van der Waals surface area contributed by atoms with Crippen molar-refractivity contribution in [3.8, 4) is 0 Å². The molecule has 5 rings (SSSR count). The number of amides is 1. The maximum atomic E-state index is 13.3. The number of fused-ring (bicyclic) bond motifs is 1. The lowest BCUT2D eigenvalue weighted by molar-refractivity contribution is -0.0240. The molecule has 0 unspecified atom stereocenters. The zero-order chi connectivity index (χ0) is 25.9. The Morgan fingerprint density at radius 2 is 1.78 bits per heavy atom. The van der Waals surface area contributed by atoms with Gasteiger partial charge in [-0.2, -0.15) is 0 Å².